The first-order chi connectivity index (χ1) is 23.2. The van der Waals surface area contributed by atoms with Crippen LogP contribution in [0.5, 0.6) is 0 Å². The second-order valence-corrected chi connectivity index (χ2v) is 16.7. The van der Waals surface area contributed by atoms with E-state index in [4.69, 9.17) is 0 Å². The fourth-order valence-corrected chi connectivity index (χ4v) is 9.57. The van der Waals surface area contributed by atoms with Crippen LogP contribution in [0.25, 0.3) is 21.1 Å². The van der Waals surface area contributed by atoms with E-state index in [1.165, 1.54) is 12.6 Å². The molecule has 0 bridgehead atoms. The van der Waals surface area contributed by atoms with Crippen LogP contribution in [0.1, 0.15) is 60.1 Å². The van der Waals surface area contributed by atoms with Crippen molar-refractivity contribution in [2.24, 2.45) is 0 Å². The van der Waals surface area contributed by atoms with Crippen LogP contribution in [0.3, 0.4) is 0 Å². The third kappa shape index (κ3) is 7.88. The van der Waals surface area contributed by atoms with Crippen LogP contribution in [-0.4, -0.2) is 89.5 Å². The topological polar surface area (TPSA) is 119 Å². The minimum Gasteiger partial charge on any atom is -0.367 e. The maximum Gasteiger partial charge on any atom is 0.393 e. The highest BCUT2D eigenvalue weighted by Gasteiger charge is 2.32. The number of aryl methyl sites for hydroxylation is 2. The van der Waals surface area contributed by atoms with Crippen LogP contribution < -0.4 is 10.0 Å². The molecule has 2 saturated heterocycles. The second kappa shape index (κ2) is 14.1. The summed E-state index contributed by atoms with van der Waals surface area (Å²) in [4.78, 5) is 14.5. The van der Waals surface area contributed by atoms with E-state index in [-0.39, 0.29) is 22.2 Å². The number of anilines is 1. The van der Waals surface area contributed by atoms with Gasteiger partial charge in [0.2, 0.25) is 10.0 Å². The van der Waals surface area contributed by atoms with Gasteiger partial charge in [0.1, 0.15) is 28.2 Å². The molecule has 15 heteroatoms. The lowest BCUT2D eigenvalue weighted by atomic mass is 10.0. The van der Waals surface area contributed by atoms with Gasteiger partial charge in [-0.2, -0.15) is 18.4 Å². The van der Waals surface area contributed by atoms with Crippen molar-refractivity contribution in [3.63, 3.8) is 0 Å². The van der Waals surface area contributed by atoms with Gasteiger partial charge in [-0.05, 0) is 95.9 Å². The van der Waals surface area contributed by atoms with Gasteiger partial charge in [-0.1, -0.05) is 6.07 Å². The van der Waals surface area contributed by atoms with E-state index in [1.54, 1.807) is 13.0 Å². The van der Waals surface area contributed by atoms with Crippen LogP contribution in [0.2, 0.25) is 0 Å². The number of nitrogens with zero attached hydrogens (tertiary/aromatic N) is 6. The Morgan fingerprint density at radius 3 is 2.43 bits per heavy atom. The zero-order valence-corrected chi connectivity index (χ0v) is 29.9. The Hall–Kier alpha value is -3.29. The van der Waals surface area contributed by atoms with Gasteiger partial charge in [0.25, 0.3) is 0 Å². The minimum atomic E-state index is -4.27. The standard InChI is InChI=1S/C34H43F3N8O2S2/c1-21(44-13-9-28(10-14-44)49(46,47)39-4)19-45-26(18-38)15-29-22(2)24(5-6-31(29)45)20-43-11-7-25(8-12-43)42-32-30-16-27(17-34(35,36)37)48-33(30)41-23(3)40-32/h5-6,15-16,21,25,28,39H,7-14,17,19-20H2,1-4H3,(H,40,41,42)/t21-/m0/s1. The molecule has 6 rings (SSSR count). The minimum absolute atomic E-state index is 0.139. The number of hydrogen-bond donors (Lipinski definition) is 2. The zero-order chi connectivity index (χ0) is 35.1. The fraction of sp³-hybridized carbons (Fsp3) is 0.559. The number of halogens is 3. The van der Waals surface area contributed by atoms with Crippen molar-refractivity contribution in [1.82, 2.24) is 29.1 Å². The number of nitrogens with one attached hydrogen (secondary N) is 2. The van der Waals surface area contributed by atoms with Crippen molar-refractivity contribution in [1.29, 1.82) is 5.26 Å². The predicted octanol–water partition coefficient (Wildman–Crippen LogP) is 5.72. The van der Waals surface area contributed by atoms with Gasteiger partial charge in [0, 0.05) is 54.0 Å². The van der Waals surface area contributed by atoms with Gasteiger partial charge < -0.3 is 9.88 Å². The van der Waals surface area contributed by atoms with Gasteiger partial charge in [-0.25, -0.2) is 23.1 Å². The molecule has 4 aromatic rings. The summed E-state index contributed by atoms with van der Waals surface area (Å²) in [5, 5.41) is 14.9. The monoisotopic (exact) mass is 716 g/mol. The van der Waals surface area contributed by atoms with Crippen LogP contribution in [-0.2, 0) is 29.5 Å². The second-order valence-electron chi connectivity index (χ2n) is 13.4. The van der Waals surface area contributed by atoms with E-state index in [0.29, 0.717) is 60.0 Å². The lowest BCUT2D eigenvalue weighted by Gasteiger charge is -2.36. The number of rotatable bonds is 10. The number of alkyl halides is 3. The Labute approximate surface area is 289 Å². The average molecular weight is 717 g/mol. The molecule has 0 aliphatic carbocycles. The van der Waals surface area contributed by atoms with E-state index in [0.717, 1.165) is 60.3 Å². The molecule has 2 aliphatic heterocycles. The highest BCUT2D eigenvalue weighted by molar-refractivity contribution is 7.90. The number of sulfonamides is 1. The van der Waals surface area contributed by atoms with Crippen molar-refractivity contribution in [3.8, 4) is 6.07 Å². The molecule has 0 spiro atoms. The quantitative estimate of drug-likeness (QED) is 0.214. The van der Waals surface area contributed by atoms with E-state index in [9.17, 15) is 26.9 Å². The molecule has 49 heavy (non-hydrogen) atoms. The Kier molecular flexibility index (Phi) is 10.3. The number of likely N-dealkylation sites (tertiary alicyclic amines) is 2. The number of piperidine rings is 2. The molecular weight excluding hydrogens is 674 g/mol. The molecule has 1 aromatic carbocycles. The highest BCUT2D eigenvalue weighted by Crippen LogP contribution is 2.34. The number of benzene rings is 1. The van der Waals surface area contributed by atoms with Gasteiger partial charge >= 0.3 is 6.18 Å². The first kappa shape index (κ1) is 35.5. The smallest absolute Gasteiger partial charge is 0.367 e. The Morgan fingerprint density at radius 2 is 1.78 bits per heavy atom. The van der Waals surface area contributed by atoms with E-state index in [1.807, 2.05) is 6.07 Å². The summed E-state index contributed by atoms with van der Waals surface area (Å²) in [6.07, 6.45) is -2.32. The molecule has 0 amide bonds. The van der Waals surface area contributed by atoms with Gasteiger partial charge in [0.05, 0.1) is 17.1 Å². The van der Waals surface area contributed by atoms with Crippen molar-refractivity contribution >= 4 is 48.3 Å². The normalized spacial score (nSPS) is 18.3. The summed E-state index contributed by atoms with van der Waals surface area (Å²) in [6.45, 7) is 10.6. The molecule has 2 N–H and O–H groups in total. The molecule has 5 heterocycles. The van der Waals surface area contributed by atoms with Gasteiger partial charge in [-0.3, -0.25) is 9.80 Å². The van der Waals surface area contributed by atoms with Crippen LogP contribution >= 0.6 is 11.3 Å². The summed E-state index contributed by atoms with van der Waals surface area (Å²) >= 11 is 1.07. The molecule has 0 saturated carbocycles. The first-order valence-corrected chi connectivity index (χ1v) is 19.1. The van der Waals surface area contributed by atoms with Crippen molar-refractivity contribution < 1.29 is 21.6 Å². The molecule has 0 radical (unpaired) electrons. The highest BCUT2D eigenvalue weighted by atomic mass is 32.2. The zero-order valence-electron chi connectivity index (χ0n) is 28.3. The summed E-state index contributed by atoms with van der Waals surface area (Å²) in [5.41, 5.74) is 4.01. The fourth-order valence-electron chi connectivity index (χ4n) is 7.30. The van der Waals surface area contributed by atoms with E-state index >= 15 is 0 Å². The third-order valence-electron chi connectivity index (χ3n) is 10.1. The third-order valence-corrected chi connectivity index (χ3v) is 13.1. The lowest BCUT2D eigenvalue weighted by molar-refractivity contribution is -0.126. The van der Waals surface area contributed by atoms with Gasteiger partial charge in [0.15, 0.2) is 0 Å². The predicted molar refractivity (Wildman–Crippen MR) is 187 cm³/mol. The van der Waals surface area contributed by atoms with E-state index in [2.05, 4.69) is 66.4 Å². The van der Waals surface area contributed by atoms with Crippen LogP contribution in [0.15, 0.2) is 24.3 Å². The summed E-state index contributed by atoms with van der Waals surface area (Å²) < 4.78 is 68.2. The number of nitriles is 1. The maximum absolute atomic E-state index is 13.0. The van der Waals surface area contributed by atoms with Gasteiger partial charge in [-0.15, -0.1) is 11.3 Å². The maximum atomic E-state index is 13.0. The number of aromatic nitrogens is 3. The summed E-state index contributed by atoms with van der Waals surface area (Å²) in [5.74, 6) is 1.13. The van der Waals surface area contributed by atoms with Crippen molar-refractivity contribution in [3.05, 3.63) is 51.8 Å². The van der Waals surface area contributed by atoms with E-state index < -0.39 is 22.6 Å². The molecule has 2 aliphatic rings. The lowest BCUT2D eigenvalue weighted by Crippen LogP contribution is -2.46. The number of fused-ring (bicyclic) bond motifs is 2. The molecule has 2 fully saturated rings. The Bertz CT molecular complexity index is 1970. The average Bonchev–Trinajstić information content (AvgIpc) is 3.63. The van der Waals surface area contributed by atoms with Crippen LogP contribution in [0, 0.1) is 25.2 Å². The molecular formula is C34H43F3N8O2S2. The molecule has 1 atom stereocenters. The largest absolute Gasteiger partial charge is 0.393 e. The first-order valence-electron chi connectivity index (χ1n) is 16.8. The van der Waals surface area contributed by atoms with Crippen molar-refractivity contribution in [2.75, 3.05) is 38.5 Å². The summed E-state index contributed by atoms with van der Waals surface area (Å²) in [6, 6.07) is 10.5. The Morgan fingerprint density at radius 1 is 1.06 bits per heavy atom. The number of hydrogen-bond acceptors (Lipinski definition) is 9. The van der Waals surface area contributed by atoms with Crippen LogP contribution in [0.4, 0.5) is 19.0 Å². The molecule has 264 valence electrons. The molecule has 10 nitrogen and oxygen atoms in total. The number of thiophene rings is 1. The van der Waals surface area contributed by atoms with Crippen molar-refractivity contribution in [2.45, 2.75) is 89.5 Å². The molecule has 3 aromatic heterocycles. The summed E-state index contributed by atoms with van der Waals surface area (Å²) in [7, 11) is -1.81. The SMILES string of the molecule is CNS(=O)(=O)C1CCN([C@@H](C)Cn2c(C#N)cc3c(C)c(CN4CCC(Nc5nc(C)nc6sc(CC(F)(F)F)cc56)CC4)ccc32)CC1. The Balaban J connectivity index is 1.09. The molecule has 0 unspecified atom stereocenters.